The minimum absolute atomic E-state index is 0.0677. The Balaban J connectivity index is 1.65. The molecule has 3 aromatic rings. The number of anilines is 1. The first-order valence-corrected chi connectivity index (χ1v) is 7.59. The summed E-state index contributed by atoms with van der Waals surface area (Å²) in [6, 6.07) is 11.3. The van der Waals surface area contributed by atoms with Crippen LogP contribution in [0.1, 0.15) is 11.1 Å². The highest BCUT2D eigenvalue weighted by molar-refractivity contribution is 5.92. The molecule has 0 aliphatic rings. The summed E-state index contributed by atoms with van der Waals surface area (Å²) >= 11 is 0. The number of para-hydroxylation sites is 1. The van der Waals surface area contributed by atoms with E-state index in [2.05, 4.69) is 20.5 Å². The molecule has 0 bridgehead atoms. The summed E-state index contributed by atoms with van der Waals surface area (Å²) in [5.41, 5.74) is 3.67. The number of ether oxygens (including phenoxy) is 1. The first-order chi connectivity index (χ1) is 11.6. The fraction of sp³-hybridized carbons (Fsp3) is 0.167. The molecule has 1 aromatic carbocycles. The van der Waals surface area contributed by atoms with Gasteiger partial charge in [-0.05, 0) is 37.6 Å². The van der Waals surface area contributed by atoms with Crippen LogP contribution in [0.4, 0.5) is 5.82 Å². The van der Waals surface area contributed by atoms with Crippen molar-refractivity contribution in [2.45, 2.75) is 13.8 Å². The zero-order chi connectivity index (χ0) is 16.9. The van der Waals surface area contributed by atoms with Crippen molar-refractivity contribution in [1.29, 1.82) is 0 Å². The first kappa shape index (κ1) is 15.7. The topological polar surface area (TPSA) is 79.9 Å². The molecule has 6 heteroatoms. The van der Waals surface area contributed by atoms with Gasteiger partial charge in [0.15, 0.2) is 12.4 Å². The molecule has 0 unspecified atom stereocenters. The van der Waals surface area contributed by atoms with Crippen LogP contribution in [0.5, 0.6) is 5.75 Å². The van der Waals surface area contributed by atoms with E-state index in [-0.39, 0.29) is 12.5 Å². The van der Waals surface area contributed by atoms with E-state index in [0.29, 0.717) is 11.6 Å². The molecule has 0 spiro atoms. The number of aromatic amines is 1. The van der Waals surface area contributed by atoms with Gasteiger partial charge in [-0.2, -0.15) is 5.10 Å². The number of nitrogens with zero attached hydrogens (tertiary/aromatic N) is 2. The lowest BCUT2D eigenvalue weighted by molar-refractivity contribution is -0.118. The Morgan fingerprint density at radius 1 is 1.17 bits per heavy atom. The molecule has 0 aliphatic heterocycles. The molecule has 6 nitrogen and oxygen atoms in total. The van der Waals surface area contributed by atoms with Crippen molar-refractivity contribution in [2.24, 2.45) is 0 Å². The summed E-state index contributed by atoms with van der Waals surface area (Å²) in [6.07, 6.45) is 3.42. The summed E-state index contributed by atoms with van der Waals surface area (Å²) in [5.74, 6) is 0.943. The van der Waals surface area contributed by atoms with E-state index in [0.717, 1.165) is 22.4 Å². The average Bonchev–Trinajstić information content (AvgIpc) is 2.96. The zero-order valence-electron chi connectivity index (χ0n) is 13.5. The van der Waals surface area contributed by atoms with E-state index in [1.807, 2.05) is 50.2 Å². The number of carbonyl (C=O) groups is 1. The fourth-order valence-electron chi connectivity index (χ4n) is 2.35. The maximum atomic E-state index is 12.1. The van der Waals surface area contributed by atoms with E-state index in [1.165, 1.54) is 0 Å². The first-order valence-electron chi connectivity index (χ1n) is 7.59. The van der Waals surface area contributed by atoms with Crippen LogP contribution < -0.4 is 10.1 Å². The third-order valence-electron chi connectivity index (χ3n) is 3.69. The molecule has 3 rings (SSSR count). The Morgan fingerprint density at radius 2 is 1.92 bits per heavy atom. The van der Waals surface area contributed by atoms with Gasteiger partial charge in [0, 0.05) is 23.5 Å². The second-order valence-electron chi connectivity index (χ2n) is 5.41. The quantitative estimate of drug-likeness (QED) is 0.756. The second kappa shape index (κ2) is 6.95. The molecule has 0 saturated carbocycles. The lowest BCUT2D eigenvalue weighted by Gasteiger charge is -2.08. The number of carbonyl (C=O) groups excluding carboxylic acids is 1. The second-order valence-corrected chi connectivity index (χ2v) is 5.41. The number of benzene rings is 1. The SMILES string of the molecule is Cc1ccccc1OCC(=O)Nc1n[nH]c(-c2ccncc2)c1C. The van der Waals surface area contributed by atoms with Crippen LogP contribution in [0, 0.1) is 13.8 Å². The van der Waals surface area contributed by atoms with Crippen LogP contribution in [0.25, 0.3) is 11.3 Å². The van der Waals surface area contributed by atoms with Crippen molar-refractivity contribution in [3.8, 4) is 17.0 Å². The van der Waals surface area contributed by atoms with Gasteiger partial charge in [-0.25, -0.2) is 0 Å². The van der Waals surface area contributed by atoms with Crippen molar-refractivity contribution in [2.75, 3.05) is 11.9 Å². The van der Waals surface area contributed by atoms with Crippen molar-refractivity contribution < 1.29 is 9.53 Å². The molecule has 0 radical (unpaired) electrons. The van der Waals surface area contributed by atoms with E-state index in [4.69, 9.17) is 4.74 Å². The van der Waals surface area contributed by atoms with Crippen molar-refractivity contribution in [1.82, 2.24) is 15.2 Å². The molecular weight excluding hydrogens is 304 g/mol. The number of hydrogen-bond donors (Lipinski definition) is 2. The monoisotopic (exact) mass is 322 g/mol. The standard InChI is InChI=1S/C18H18N4O2/c1-12-5-3-4-6-15(12)24-11-16(23)20-18-13(2)17(21-22-18)14-7-9-19-10-8-14/h3-10H,11H2,1-2H3,(H2,20,21,22,23). The normalized spacial score (nSPS) is 10.4. The molecular formula is C18H18N4O2. The zero-order valence-corrected chi connectivity index (χ0v) is 13.5. The predicted octanol–water partition coefficient (Wildman–Crippen LogP) is 3.11. The van der Waals surface area contributed by atoms with Crippen LogP contribution in [-0.2, 0) is 4.79 Å². The highest BCUT2D eigenvalue weighted by Gasteiger charge is 2.13. The number of nitrogens with one attached hydrogen (secondary N) is 2. The van der Waals surface area contributed by atoms with Crippen LogP contribution in [-0.4, -0.2) is 27.7 Å². The average molecular weight is 322 g/mol. The number of pyridine rings is 1. The summed E-state index contributed by atoms with van der Waals surface area (Å²) in [4.78, 5) is 16.1. The predicted molar refractivity (Wildman–Crippen MR) is 91.9 cm³/mol. The van der Waals surface area contributed by atoms with Gasteiger partial charge in [-0.15, -0.1) is 0 Å². The number of amides is 1. The Hall–Kier alpha value is -3.15. The van der Waals surface area contributed by atoms with Gasteiger partial charge in [-0.1, -0.05) is 18.2 Å². The van der Waals surface area contributed by atoms with Crippen molar-refractivity contribution in [3.05, 3.63) is 59.9 Å². The molecule has 1 amide bonds. The Kier molecular flexibility index (Phi) is 4.56. The third-order valence-corrected chi connectivity index (χ3v) is 3.69. The van der Waals surface area contributed by atoms with Crippen LogP contribution in [0.2, 0.25) is 0 Å². The fourth-order valence-corrected chi connectivity index (χ4v) is 2.35. The molecule has 2 N–H and O–H groups in total. The van der Waals surface area contributed by atoms with Gasteiger partial charge >= 0.3 is 0 Å². The van der Waals surface area contributed by atoms with Gasteiger partial charge in [0.05, 0.1) is 5.69 Å². The maximum absolute atomic E-state index is 12.1. The number of aryl methyl sites for hydroxylation is 1. The summed E-state index contributed by atoms with van der Waals surface area (Å²) in [5, 5.41) is 9.89. The molecule has 2 heterocycles. The summed E-state index contributed by atoms with van der Waals surface area (Å²) < 4.78 is 5.54. The lowest BCUT2D eigenvalue weighted by atomic mass is 10.1. The van der Waals surface area contributed by atoms with Gasteiger partial charge in [-0.3, -0.25) is 14.9 Å². The van der Waals surface area contributed by atoms with E-state index >= 15 is 0 Å². The Morgan fingerprint density at radius 3 is 2.67 bits per heavy atom. The molecule has 0 saturated heterocycles. The third kappa shape index (κ3) is 3.43. The van der Waals surface area contributed by atoms with Crippen molar-refractivity contribution in [3.63, 3.8) is 0 Å². The molecule has 24 heavy (non-hydrogen) atoms. The number of rotatable bonds is 5. The van der Waals surface area contributed by atoms with E-state index in [9.17, 15) is 4.79 Å². The highest BCUT2D eigenvalue weighted by atomic mass is 16.5. The largest absolute Gasteiger partial charge is 0.483 e. The Bertz CT molecular complexity index is 843. The number of aromatic nitrogens is 3. The number of H-pyrrole nitrogens is 1. The minimum atomic E-state index is -0.255. The van der Waals surface area contributed by atoms with E-state index < -0.39 is 0 Å². The summed E-state index contributed by atoms with van der Waals surface area (Å²) in [6.45, 7) is 3.77. The molecule has 0 aliphatic carbocycles. The molecule has 0 atom stereocenters. The van der Waals surface area contributed by atoms with Gasteiger partial charge in [0.1, 0.15) is 5.75 Å². The smallest absolute Gasteiger partial charge is 0.263 e. The summed E-state index contributed by atoms with van der Waals surface area (Å²) in [7, 11) is 0. The molecule has 2 aromatic heterocycles. The van der Waals surface area contributed by atoms with Crippen LogP contribution in [0.15, 0.2) is 48.8 Å². The minimum Gasteiger partial charge on any atom is -0.483 e. The van der Waals surface area contributed by atoms with Gasteiger partial charge in [0.25, 0.3) is 5.91 Å². The van der Waals surface area contributed by atoms with Gasteiger partial charge < -0.3 is 10.1 Å². The van der Waals surface area contributed by atoms with E-state index in [1.54, 1.807) is 12.4 Å². The maximum Gasteiger partial charge on any atom is 0.263 e. The highest BCUT2D eigenvalue weighted by Crippen LogP contribution is 2.25. The van der Waals surface area contributed by atoms with Crippen LogP contribution >= 0.6 is 0 Å². The molecule has 0 fully saturated rings. The molecule has 122 valence electrons. The van der Waals surface area contributed by atoms with Crippen LogP contribution in [0.3, 0.4) is 0 Å². The van der Waals surface area contributed by atoms with Gasteiger partial charge in [0.2, 0.25) is 0 Å². The van der Waals surface area contributed by atoms with Crippen molar-refractivity contribution >= 4 is 11.7 Å². The lowest BCUT2D eigenvalue weighted by Crippen LogP contribution is -2.21. The number of hydrogen-bond acceptors (Lipinski definition) is 4. The Labute approximate surface area is 139 Å².